The van der Waals surface area contributed by atoms with Gasteiger partial charge in [-0.25, -0.2) is 9.78 Å². The van der Waals surface area contributed by atoms with Crippen LogP contribution < -0.4 is 10.6 Å². The summed E-state index contributed by atoms with van der Waals surface area (Å²) in [5.41, 5.74) is 1.11. The number of fused-ring (bicyclic) bond motifs is 2. The minimum Gasteiger partial charge on any atom is -0.463 e. The molecular formula is C22H26Cl2N4O6S. The van der Waals surface area contributed by atoms with Gasteiger partial charge in [0.2, 0.25) is 0 Å². The van der Waals surface area contributed by atoms with Crippen molar-refractivity contribution in [3.63, 3.8) is 0 Å². The van der Waals surface area contributed by atoms with E-state index in [1.165, 1.54) is 6.33 Å². The predicted octanol–water partition coefficient (Wildman–Crippen LogP) is 2.23. The molecule has 3 aliphatic rings. The van der Waals surface area contributed by atoms with Gasteiger partial charge in [0.15, 0.2) is 6.23 Å². The summed E-state index contributed by atoms with van der Waals surface area (Å²) < 4.78 is 20.8. The van der Waals surface area contributed by atoms with Crippen LogP contribution in [0.2, 0.25) is 10.0 Å². The standard InChI is InChI=1S/C22H26Cl2N4O6S/c23-10-5-12-14(6-11(10)24)28(9-25-12)21-20(31)19(30)15(34-21)7-33-17(29)4-2-1-3-16-18-13(8-35-16)26-22(32)27-18/h5-6,9,13,15-16,18-21,30-31H,1-4,7-8H2,(H2,26,27,32)/t13-,15+,16-,18-,19+,20+,21?/m0/s1/i2D/t2?,13-,15+,16-,18-,19+,20+,21?. The Hall–Kier alpha value is -1.76. The molecule has 10 nitrogen and oxygen atoms in total. The topological polar surface area (TPSA) is 135 Å². The number of hydrogen-bond donors (Lipinski definition) is 4. The van der Waals surface area contributed by atoms with E-state index in [9.17, 15) is 19.8 Å². The zero-order valence-corrected chi connectivity index (χ0v) is 20.8. The van der Waals surface area contributed by atoms with E-state index in [4.69, 9.17) is 34.0 Å². The molecule has 3 fully saturated rings. The van der Waals surface area contributed by atoms with Gasteiger partial charge in [0, 0.05) is 18.8 Å². The van der Waals surface area contributed by atoms with Crippen LogP contribution in [0.4, 0.5) is 4.79 Å². The van der Waals surface area contributed by atoms with E-state index >= 15 is 0 Å². The zero-order chi connectivity index (χ0) is 25.6. The summed E-state index contributed by atoms with van der Waals surface area (Å²) in [6.07, 6.45) is -2.59. The Kier molecular flexibility index (Phi) is 6.96. The van der Waals surface area contributed by atoms with Crippen molar-refractivity contribution in [2.45, 2.75) is 67.5 Å². The van der Waals surface area contributed by atoms with Gasteiger partial charge in [-0.1, -0.05) is 29.6 Å². The molecule has 4 N–H and O–H groups in total. The van der Waals surface area contributed by atoms with Gasteiger partial charge in [0.25, 0.3) is 0 Å². The Bertz CT molecular complexity index is 1160. The van der Waals surface area contributed by atoms with Crippen molar-refractivity contribution < 1.29 is 30.6 Å². The molecule has 8 atom stereocenters. The number of esters is 1. The molecule has 1 aromatic carbocycles. The first kappa shape index (κ1) is 23.6. The number of carbonyl (C=O) groups is 2. The first-order valence-corrected chi connectivity index (χ1v) is 13.1. The van der Waals surface area contributed by atoms with Crippen LogP contribution in [0.25, 0.3) is 11.0 Å². The number of urea groups is 1. The second kappa shape index (κ2) is 10.3. The monoisotopic (exact) mass is 545 g/mol. The number of imidazole rings is 1. The number of benzene rings is 1. The van der Waals surface area contributed by atoms with Crippen molar-refractivity contribution in [1.29, 1.82) is 0 Å². The fraction of sp³-hybridized carbons (Fsp3) is 0.591. The largest absolute Gasteiger partial charge is 0.463 e. The van der Waals surface area contributed by atoms with Crippen molar-refractivity contribution in [1.82, 2.24) is 20.2 Å². The number of aliphatic hydroxyl groups is 2. The molecule has 0 saturated carbocycles. The number of aromatic nitrogens is 2. The molecule has 0 bridgehead atoms. The van der Waals surface area contributed by atoms with Crippen LogP contribution in [0.15, 0.2) is 18.5 Å². The first-order valence-electron chi connectivity index (χ1n) is 11.9. The summed E-state index contributed by atoms with van der Waals surface area (Å²) in [5.74, 6) is 0.261. The van der Waals surface area contributed by atoms with Crippen LogP contribution >= 0.6 is 35.0 Å². The normalized spacial score (nSPS) is 33.3. The molecule has 3 saturated heterocycles. The van der Waals surface area contributed by atoms with Gasteiger partial charge in [0.1, 0.15) is 24.9 Å². The third-order valence-corrected chi connectivity index (χ3v) is 8.77. The van der Waals surface area contributed by atoms with Crippen LogP contribution in [0.3, 0.4) is 0 Å². The number of nitrogens with one attached hydrogen (secondary N) is 2. The summed E-state index contributed by atoms with van der Waals surface area (Å²) >= 11 is 13.9. The van der Waals surface area contributed by atoms with E-state index in [1.54, 1.807) is 28.5 Å². The average molecular weight is 546 g/mol. The molecule has 4 heterocycles. The summed E-state index contributed by atoms with van der Waals surface area (Å²) in [4.78, 5) is 28.0. The molecule has 1 aromatic heterocycles. The summed E-state index contributed by atoms with van der Waals surface area (Å²) in [6, 6.07) is 3.21. The van der Waals surface area contributed by atoms with E-state index in [0.717, 1.165) is 5.75 Å². The fourth-order valence-corrected chi connectivity index (χ4v) is 6.53. The van der Waals surface area contributed by atoms with E-state index in [2.05, 4.69) is 15.6 Å². The lowest BCUT2D eigenvalue weighted by Gasteiger charge is -2.17. The molecular weight excluding hydrogens is 519 g/mol. The molecule has 5 rings (SSSR count). The Balaban J connectivity index is 1.10. The second-order valence-electron chi connectivity index (χ2n) is 8.83. The third-order valence-electron chi connectivity index (χ3n) is 6.54. The Morgan fingerprint density at radius 1 is 1.31 bits per heavy atom. The van der Waals surface area contributed by atoms with Gasteiger partial charge in [-0.3, -0.25) is 4.79 Å². The van der Waals surface area contributed by atoms with Gasteiger partial charge < -0.3 is 34.9 Å². The lowest BCUT2D eigenvalue weighted by molar-refractivity contribution is -0.150. The molecule has 13 heteroatoms. The lowest BCUT2D eigenvalue weighted by atomic mass is 10.0. The van der Waals surface area contributed by atoms with Gasteiger partial charge in [-0.15, -0.1) is 0 Å². The van der Waals surface area contributed by atoms with E-state index in [-0.39, 0.29) is 36.4 Å². The molecule has 35 heavy (non-hydrogen) atoms. The maximum Gasteiger partial charge on any atom is 0.315 e. The van der Waals surface area contributed by atoms with Crippen LogP contribution in [-0.4, -0.2) is 79.8 Å². The highest BCUT2D eigenvalue weighted by atomic mass is 35.5. The number of amides is 2. The summed E-state index contributed by atoms with van der Waals surface area (Å²) in [6.45, 7) is -0.264. The zero-order valence-electron chi connectivity index (χ0n) is 19.5. The highest BCUT2D eigenvalue weighted by Crippen LogP contribution is 2.35. The van der Waals surface area contributed by atoms with Gasteiger partial charge in [0.05, 0.1) is 39.5 Å². The minimum absolute atomic E-state index is 0.0580. The number of rotatable bonds is 8. The number of hydrogen-bond acceptors (Lipinski definition) is 8. The number of carbonyl (C=O) groups excluding carboxylic acids is 2. The van der Waals surface area contributed by atoms with Crippen molar-refractivity contribution in [2.75, 3.05) is 12.4 Å². The summed E-state index contributed by atoms with van der Waals surface area (Å²) in [7, 11) is 0. The Morgan fingerprint density at radius 2 is 2.11 bits per heavy atom. The van der Waals surface area contributed by atoms with Gasteiger partial charge >= 0.3 is 12.0 Å². The molecule has 3 aliphatic heterocycles. The van der Waals surface area contributed by atoms with Crippen molar-refractivity contribution >= 4 is 58.0 Å². The van der Waals surface area contributed by atoms with E-state index < -0.39 is 36.9 Å². The number of ether oxygens (including phenoxy) is 2. The molecule has 0 aliphatic carbocycles. The predicted molar refractivity (Wildman–Crippen MR) is 131 cm³/mol. The number of halogens is 2. The molecule has 190 valence electrons. The molecule has 2 aromatic rings. The molecule has 0 radical (unpaired) electrons. The quantitative estimate of drug-likeness (QED) is 0.293. The highest BCUT2D eigenvalue weighted by Gasteiger charge is 2.45. The lowest BCUT2D eigenvalue weighted by Crippen LogP contribution is -2.36. The highest BCUT2D eigenvalue weighted by molar-refractivity contribution is 8.00. The van der Waals surface area contributed by atoms with Gasteiger partial charge in [-0.2, -0.15) is 11.8 Å². The average Bonchev–Trinajstić information content (AvgIpc) is 3.56. The number of aliphatic hydroxyl groups excluding tert-OH is 2. The first-order chi connectivity index (χ1) is 17.2. The maximum atomic E-state index is 12.3. The smallest absolute Gasteiger partial charge is 0.315 e. The van der Waals surface area contributed by atoms with Gasteiger partial charge in [-0.05, 0) is 25.0 Å². The van der Waals surface area contributed by atoms with E-state index in [0.29, 0.717) is 33.9 Å². The van der Waals surface area contributed by atoms with E-state index in [1.807, 2.05) is 0 Å². The second-order valence-corrected chi connectivity index (χ2v) is 10.9. The van der Waals surface area contributed by atoms with Crippen molar-refractivity contribution in [3.05, 3.63) is 28.5 Å². The van der Waals surface area contributed by atoms with Crippen LogP contribution in [0, 0.1) is 0 Å². The summed E-state index contributed by atoms with van der Waals surface area (Å²) in [5, 5.41) is 27.7. The minimum atomic E-state index is -1.29. The van der Waals surface area contributed by atoms with Crippen LogP contribution in [0.5, 0.6) is 0 Å². The Labute approximate surface area is 217 Å². The van der Waals surface area contributed by atoms with Crippen molar-refractivity contribution in [2.24, 2.45) is 0 Å². The third kappa shape index (κ3) is 5.07. The van der Waals surface area contributed by atoms with Crippen molar-refractivity contribution in [3.8, 4) is 0 Å². The van der Waals surface area contributed by atoms with Crippen LogP contribution in [0.1, 0.15) is 33.3 Å². The van der Waals surface area contributed by atoms with Crippen LogP contribution in [-0.2, 0) is 14.3 Å². The molecule has 2 unspecified atom stereocenters. The maximum absolute atomic E-state index is 12.3. The Morgan fingerprint density at radius 3 is 2.94 bits per heavy atom. The fourth-order valence-electron chi connectivity index (χ4n) is 4.70. The molecule has 0 spiro atoms. The SMILES string of the molecule is [2H]C(CC[C@@H]1SC[C@@H]2NC(=O)N[C@@H]21)CC(=O)OC[C@H]1OC(n2cnc3cc(Cl)c(Cl)cc32)[C@H](O)[C@@H]1O. The number of thioether (sulfide) groups is 1. The molecule has 2 amide bonds. The number of nitrogens with zero attached hydrogens (tertiary/aromatic N) is 2.